The number of nitrogens with zero attached hydrogens (tertiary/aromatic N) is 1. The van der Waals surface area contributed by atoms with Crippen LogP contribution in [0.25, 0.3) is 0 Å². The van der Waals surface area contributed by atoms with Gasteiger partial charge in [0.15, 0.2) is 0 Å². The summed E-state index contributed by atoms with van der Waals surface area (Å²) >= 11 is 5.96. The fourth-order valence-corrected chi connectivity index (χ4v) is 1.80. The van der Waals surface area contributed by atoms with E-state index in [1.165, 1.54) is 0 Å². The Morgan fingerprint density at radius 1 is 1.26 bits per heavy atom. The van der Waals surface area contributed by atoms with Crippen LogP contribution in [-0.4, -0.2) is 17.9 Å². The van der Waals surface area contributed by atoms with Crippen molar-refractivity contribution in [1.29, 1.82) is 0 Å². The van der Waals surface area contributed by atoms with E-state index in [0.717, 1.165) is 5.56 Å². The molecule has 0 radical (unpaired) electrons. The minimum Gasteiger partial charge on any atom is -0.506 e. The average molecular weight is 276 g/mol. The van der Waals surface area contributed by atoms with Gasteiger partial charge in [-0.3, -0.25) is 4.99 Å². The van der Waals surface area contributed by atoms with Gasteiger partial charge in [0.05, 0.1) is 6.61 Å². The van der Waals surface area contributed by atoms with E-state index >= 15 is 0 Å². The fourth-order valence-electron chi connectivity index (χ4n) is 1.62. The number of aromatic hydroxyl groups is 1. The number of hydrogen-bond acceptors (Lipinski definition) is 3. The molecule has 3 nitrogen and oxygen atoms in total. The molecule has 0 bridgehead atoms. The van der Waals surface area contributed by atoms with E-state index in [4.69, 9.17) is 16.3 Å². The molecule has 2 aromatic rings. The van der Waals surface area contributed by atoms with Crippen LogP contribution in [0, 0.1) is 0 Å². The second kappa shape index (κ2) is 6.25. The van der Waals surface area contributed by atoms with Crippen molar-refractivity contribution < 1.29 is 9.84 Å². The van der Waals surface area contributed by atoms with Crippen molar-refractivity contribution in [3.05, 3.63) is 53.1 Å². The van der Waals surface area contributed by atoms with Crippen molar-refractivity contribution in [2.45, 2.75) is 6.92 Å². The first-order chi connectivity index (χ1) is 9.20. The molecule has 0 aliphatic carbocycles. The molecule has 19 heavy (non-hydrogen) atoms. The summed E-state index contributed by atoms with van der Waals surface area (Å²) in [6.07, 6.45) is 1.63. The number of halogens is 1. The molecular weight excluding hydrogens is 262 g/mol. The molecule has 0 saturated heterocycles. The molecule has 0 unspecified atom stereocenters. The van der Waals surface area contributed by atoms with Gasteiger partial charge in [-0.2, -0.15) is 0 Å². The highest BCUT2D eigenvalue weighted by molar-refractivity contribution is 6.30. The van der Waals surface area contributed by atoms with Gasteiger partial charge in [-0.25, -0.2) is 0 Å². The smallest absolute Gasteiger partial charge is 0.141 e. The van der Waals surface area contributed by atoms with E-state index in [9.17, 15) is 5.11 Å². The van der Waals surface area contributed by atoms with Crippen LogP contribution >= 0.6 is 11.6 Å². The SMILES string of the molecule is CCOc1ccc(Cl)cc1C=Nc1ccccc1O. The van der Waals surface area contributed by atoms with Gasteiger partial charge in [-0.1, -0.05) is 23.7 Å². The summed E-state index contributed by atoms with van der Waals surface area (Å²) in [4.78, 5) is 4.25. The van der Waals surface area contributed by atoms with Gasteiger partial charge < -0.3 is 9.84 Å². The van der Waals surface area contributed by atoms with Crippen LogP contribution in [-0.2, 0) is 0 Å². The maximum absolute atomic E-state index is 9.64. The summed E-state index contributed by atoms with van der Waals surface area (Å²) in [7, 11) is 0. The summed E-state index contributed by atoms with van der Waals surface area (Å²) in [5.41, 5.74) is 1.28. The Balaban J connectivity index is 2.32. The summed E-state index contributed by atoms with van der Waals surface area (Å²) in [6, 6.07) is 12.2. The molecule has 0 spiro atoms. The maximum Gasteiger partial charge on any atom is 0.141 e. The van der Waals surface area contributed by atoms with Gasteiger partial charge in [0, 0.05) is 16.8 Å². The molecule has 0 aromatic heterocycles. The van der Waals surface area contributed by atoms with Crippen LogP contribution in [0.5, 0.6) is 11.5 Å². The first-order valence-electron chi connectivity index (χ1n) is 5.95. The lowest BCUT2D eigenvalue weighted by atomic mass is 10.2. The average Bonchev–Trinajstić information content (AvgIpc) is 2.41. The molecule has 0 amide bonds. The van der Waals surface area contributed by atoms with Gasteiger partial charge in [-0.15, -0.1) is 0 Å². The fraction of sp³-hybridized carbons (Fsp3) is 0.133. The van der Waals surface area contributed by atoms with Crippen LogP contribution in [0.15, 0.2) is 47.5 Å². The number of ether oxygens (including phenoxy) is 1. The molecule has 0 aliphatic rings. The number of rotatable bonds is 4. The highest BCUT2D eigenvalue weighted by atomic mass is 35.5. The second-order valence-electron chi connectivity index (χ2n) is 3.86. The van der Waals surface area contributed by atoms with E-state index in [-0.39, 0.29) is 5.75 Å². The Hall–Kier alpha value is -2.00. The van der Waals surface area contributed by atoms with E-state index in [0.29, 0.717) is 23.1 Å². The Bertz CT molecular complexity index is 596. The summed E-state index contributed by atoms with van der Waals surface area (Å²) in [5, 5.41) is 10.3. The minimum absolute atomic E-state index is 0.138. The van der Waals surface area contributed by atoms with E-state index in [2.05, 4.69) is 4.99 Å². The predicted octanol–water partition coefficient (Wildman–Crippen LogP) is 4.19. The molecule has 0 atom stereocenters. The lowest BCUT2D eigenvalue weighted by Crippen LogP contribution is -1.95. The molecule has 0 heterocycles. The van der Waals surface area contributed by atoms with Crippen LogP contribution in [0.3, 0.4) is 0 Å². The molecule has 0 saturated carbocycles. The quantitative estimate of drug-likeness (QED) is 0.850. The normalized spacial score (nSPS) is 10.8. The lowest BCUT2D eigenvalue weighted by molar-refractivity contribution is 0.340. The third-order valence-electron chi connectivity index (χ3n) is 2.50. The Morgan fingerprint density at radius 3 is 2.79 bits per heavy atom. The molecule has 4 heteroatoms. The van der Waals surface area contributed by atoms with Crippen LogP contribution in [0.1, 0.15) is 12.5 Å². The first-order valence-corrected chi connectivity index (χ1v) is 6.33. The number of para-hydroxylation sites is 2. The van der Waals surface area contributed by atoms with Crippen LogP contribution in [0.4, 0.5) is 5.69 Å². The van der Waals surface area contributed by atoms with Gasteiger partial charge >= 0.3 is 0 Å². The molecule has 2 rings (SSSR count). The van der Waals surface area contributed by atoms with Gasteiger partial charge in [-0.05, 0) is 37.3 Å². The molecule has 2 aromatic carbocycles. The Morgan fingerprint density at radius 2 is 2.05 bits per heavy atom. The zero-order valence-corrected chi connectivity index (χ0v) is 11.3. The maximum atomic E-state index is 9.64. The number of benzene rings is 2. The highest BCUT2D eigenvalue weighted by Crippen LogP contribution is 2.26. The van der Waals surface area contributed by atoms with E-state index in [1.54, 1.807) is 42.6 Å². The largest absolute Gasteiger partial charge is 0.506 e. The van der Waals surface area contributed by atoms with Crippen molar-refractivity contribution >= 4 is 23.5 Å². The predicted molar refractivity (Wildman–Crippen MR) is 78.0 cm³/mol. The lowest BCUT2D eigenvalue weighted by Gasteiger charge is -2.07. The minimum atomic E-state index is 0.138. The second-order valence-corrected chi connectivity index (χ2v) is 4.30. The van der Waals surface area contributed by atoms with Crippen molar-refractivity contribution in [1.82, 2.24) is 0 Å². The molecule has 1 N–H and O–H groups in total. The van der Waals surface area contributed by atoms with E-state index < -0.39 is 0 Å². The number of phenols is 1. The third kappa shape index (κ3) is 3.48. The number of hydrogen-bond donors (Lipinski definition) is 1. The Kier molecular flexibility index (Phi) is 4.42. The molecule has 98 valence electrons. The summed E-state index contributed by atoms with van der Waals surface area (Å²) < 4.78 is 5.50. The topological polar surface area (TPSA) is 41.8 Å². The monoisotopic (exact) mass is 275 g/mol. The number of phenolic OH excluding ortho intramolecular Hbond substituents is 1. The first kappa shape index (κ1) is 13.4. The number of aliphatic imine (C=N–C) groups is 1. The van der Waals surface area contributed by atoms with Crippen molar-refractivity contribution in [2.24, 2.45) is 4.99 Å². The Labute approximate surface area is 117 Å². The van der Waals surface area contributed by atoms with Gasteiger partial charge in [0.1, 0.15) is 17.2 Å². The van der Waals surface area contributed by atoms with Crippen LogP contribution < -0.4 is 4.74 Å². The van der Waals surface area contributed by atoms with Crippen LogP contribution in [0.2, 0.25) is 5.02 Å². The van der Waals surface area contributed by atoms with Gasteiger partial charge in [0.25, 0.3) is 0 Å². The molecular formula is C15H14ClNO2. The molecule has 0 aliphatic heterocycles. The summed E-state index contributed by atoms with van der Waals surface area (Å²) in [6.45, 7) is 2.48. The molecule has 0 fully saturated rings. The highest BCUT2D eigenvalue weighted by Gasteiger charge is 2.03. The van der Waals surface area contributed by atoms with Crippen molar-refractivity contribution in [3.63, 3.8) is 0 Å². The van der Waals surface area contributed by atoms with Crippen molar-refractivity contribution in [3.8, 4) is 11.5 Å². The van der Waals surface area contributed by atoms with E-state index in [1.807, 2.05) is 13.0 Å². The zero-order valence-electron chi connectivity index (χ0n) is 10.5. The van der Waals surface area contributed by atoms with Gasteiger partial charge in [0.2, 0.25) is 0 Å². The zero-order chi connectivity index (χ0) is 13.7. The summed E-state index contributed by atoms with van der Waals surface area (Å²) in [5.74, 6) is 0.852. The third-order valence-corrected chi connectivity index (χ3v) is 2.73. The van der Waals surface area contributed by atoms with Crippen molar-refractivity contribution in [2.75, 3.05) is 6.61 Å². The standard InChI is InChI=1S/C15H14ClNO2/c1-2-19-15-8-7-12(16)9-11(15)10-17-13-5-3-4-6-14(13)18/h3-10,18H,2H2,1H3.